The zero-order valence-corrected chi connectivity index (χ0v) is 20.4. The second kappa shape index (κ2) is 9.41. The van der Waals surface area contributed by atoms with Crippen molar-refractivity contribution < 1.29 is 13.0 Å². The molecular weight excluding hydrogens is 472 g/mol. The Morgan fingerprint density at radius 1 is 0.639 bits per heavy atom. The monoisotopic (exact) mass is 494 g/mol. The molecule has 0 atom stereocenters. The van der Waals surface area contributed by atoms with E-state index in [9.17, 15) is 13.0 Å². The van der Waals surface area contributed by atoms with Crippen LogP contribution in [0.25, 0.3) is 45.2 Å². The van der Waals surface area contributed by atoms with Gasteiger partial charge in [-0.15, -0.1) is 10.2 Å². The SMILES string of the molecule is Cc1ccc(-c2nnc(-c3cc(-c4ccc(S(=O)(=O)O)cc4)ccn3)nc2-c2ccc(C)cc2)cc1. The molecule has 5 rings (SSSR count). The van der Waals surface area contributed by atoms with Gasteiger partial charge in [0.15, 0.2) is 0 Å². The second-order valence-electron chi connectivity index (χ2n) is 8.49. The highest BCUT2D eigenvalue weighted by atomic mass is 32.2. The Kier molecular flexibility index (Phi) is 6.13. The molecule has 7 nitrogen and oxygen atoms in total. The number of hydrogen-bond acceptors (Lipinski definition) is 6. The predicted molar refractivity (Wildman–Crippen MR) is 139 cm³/mol. The van der Waals surface area contributed by atoms with E-state index in [-0.39, 0.29) is 4.90 Å². The van der Waals surface area contributed by atoms with Gasteiger partial charge < -0.3 is 0 Å². The van der Waals surface area contributed by atoms with Crippen LogP contribution in [0, 0.1) is 13.8 Å². The average Bonchev–Trinajstić information content (AvgIpc) is 2.89. The van der Waals surface area contributed by atoms with Gasteiger partial charge in [-0.05, 0) is 49.2 Å². The summed E-state index contributed by atoms with van der Waals surface area (Å²) < 4.78 is 31.9. The molecule has 0 aliphatic rings. The predicted octanol–water partition coefficient (Wildman–Crippen LogP) is 5.80. The second-order valence-corrected chi connectivity index (χ2v) is 9.92. The standard InChI is InChI=1S/C28H22N4O3S/c1-18-3-7-21(8-4-18)26-27(22-9-5-19(2)6-10-22)31-32-28(30-26)25-17-23(15-16-29-25)20-11-13-24(14-12-20)36(33,34)35/h3-17H,1-2H3,(H,33,34,35). The first-order valence-electron chi connectivity index (χ1n) is 11.2. The lowest BCUT2D eigenvalue weighted by Crippen LogP contribution is -2.01. The van der Waals surface area contributed by atoms with Gasteiger partial charge in [-0.2, -0.15) is 8.42 Å². The van der Waals surface area contributed by atoms with E-state index in [0.717, 1.165) is 33.4 Å². The van der Waals surface area contributed by atoms with Crippen molar-refractivity contribution >= 4 is 10.1 Å². The van der Waals surface area contributed by atoms with E-state index in [1.54, 1.807) is 24.4 Å². The van der Waals surface area contributed by atoms with Crippen LogP contribution in [0.4, 0.5) is 0 Å². The van der Waals surface area contributed by atoms with Crippen molar-refractivity contribution in [2.24, 2.45) is 0 Å². The van der Waals surface area contributed by atoms with Crippen molar-refractivity contribution in [3.05, 3.63) is 102 Å². The van der Waals surface area contributed by atoms with E-state index < -0.39 is 10.1 Å². The maximum absolute atomic E-state index is 11.4. The maximum Gasteiger partial charge on any atom is 0.294 e. The molecular formula is C28H22N4O3S. The van der Waals surface area contributed by atoms with Gasteiger partial charge in [0.1, 0.15) is 17.1 Å². The molecule has 0 unspecified atom stereocenters. The van der Waals surface area contributed by atoms with Crippen LogP contribution >= 0.6 is 0 Å². The number of pyridine rings is 1. The molecule has 8 heteroatoms. The molecule has 0 saturated carbocycles. The maximum atomic E-state index is 11.4. The first kappa shape index (κ1) is 23.5. The molecule has 178 valence electrons. The van der Waals surface area contributed by atoms with Crippen molar-refractivity contribution in [1.29, 1.82) is 0 Å². The number of nitrogens with zero attached hydrogens (tertiary/aromatic N) is 4. The third-order valence-corrected chi connectivity index (χ3v) is 6.68. The molecule has 0 saturated heterocycles. The summed E-state index contributed by atoms with van der Waals surface area (Å²) in [6, 6.07) is 25.8. The van der Waals surface area contributed by atoms with Crippen molar-refractivity contribution in [2.75, 3.05) is 0 Å². The zero-order chi connectivity index (χ0) is 25.3. The summed E-state index contributed by atoms with van der Waals surface area (Å²) in [5, 5.41) is 8.94. The summed E-state index contributed by atoms with van der Waals surface area (Å²) in [4.78, 5) is 9.16. The number of hydrogen-bond donors (Lipinski definition) is 1. The van der Waals surface area contributed by atoms with Gasteiger partial charge in [0, 0.05) is 17.3 Å². The van der Waals surface area contributed by atoms with Crippen LogP contribution < -0.4 is 0 Å². The molecule has 2 aromatic heterocycles. The lowest BCUT2D eigenvalue weighted by Gasteiger charge is -2.11. The molecule has 2 heterocycles. The fourth-order valence-electron chi connectivity index (χ4n) is 3.80. The largest absolute Gasteiger partial charge is 0.294 e. The van der Waals surface area contributed by atoms with E-state index in [1.165, 1.54) is 12.1 Å². The molecule has 0 spiro atoms. The number of aromatic nitrogens is 4. The van der Waals surface area contributed by atoms with Crippen LogP contribution in [0.3, 0.4) is 0 Å². The topological polar surface area (TPSA) is 106 Å². The van der Waals surface area contributed by atoms with Gasteiger partial charge in [-0.25, -0.2) is 4.98 Å². The molecule has 3 aromatic carbocycles. The average molecular weight is 495 g/mol. The van der Waals surface area contributed by atoms with Crippen LogP contribution in [0.5, 0.6) is 0 Å². The molecule has 1 N–H and O–H groups in total. The number of rotatable bonds is 5. The van der Waals surface area contributed by atoms with Gasteiger partial charge in [-0.1, -0.05) is 71.8 Å². The van der Waals surface area contributed by atoms with Crippen LogP contribution in [0.2, 0.25) is 0 Å². The van der Waals surface area contributed by atoms with Gasteiger partial charge in [0.05, 0.1) is 4.90 Å². The summed E-state index contributed by atoms with van der Waals surface area (Å²) >= 11 is 0. The lowest BCUT2D eigenvalue weighted by atomic mass is 10.0. The van der Waals surface area contributed by atoms with Crippen LogP contribution in [-0.2, 0) is 10.1 Å². The van der Waals surface area contributed by atoms with E-state index in [4.69, 9.17) is 4.98 Å². The van der Waals surface area contributed by atoms with E-state index in [0.29, 0.717) is 22.9 Å². The van der Waals surface area contributed by atoms with Gasteiger partial charge >= 0.3 is 0 Å². The Balaban J connectivity index is 1.59. The van der Waals surface area contributed by atoms with Crippen molar-refractivity contribution in [3.63, 3.8) is 0 Å². The van der Waals surface area contributed by atoms with E-state index in [1.807, 2.05) is 68.4 Å². The Labute approximate surface area is 209 Å². The Bertz CT molecular complexity index is 1650. The van der Waals surface area contributed by atoms with E-state index in [2.05, 4.69) is 15.2 Å². The Morgan fingerprint density at radius 3 is 1.78 bits per heavy atom. The fraction of sp³-hybridized carbons (Fsp3) is 0.0714. The molecule has 0 amide bonds. The fourth-order valence-corrected chi connectivity index (χ4v) is 4.28. The normalized spacial score (nSPS) is 11.4. The minimum Gasteiger partial charge on any atom is -0.282 e. The first-order chi connectivity index (χ1) is 17.3. The minimum atomic E-state index is -4.26. The zero-order valence-electron chi connectivity index (χ0n) is 19.6. The lowest BCUT2D eigenvalue weighted by molar-refractivity contribution is 0.483. The van der Waals surface area contributed by atoms with Gasteiger partial charge in [0.2, 0.25) is 5.82 Å². The van der Waals surface area contributed by atoms with E-state index >= 15 is 0 Å². The molecule has 0 bridgehead atoms. The quantitative estimate of drug-likeness (QED) is 0.308. The third kappa shape index (κ3) is 4.91. The van der Waals surface area contributed by atoms with Gasteiger partial charge in [0.25, 0.3) is 10.1 Å². The summed E-state index contributed by atoms with van der Waals surface area (Å²) in [7, 11) is -4.26. The summed E-state index contributed by atoms with van der Waals surface area (Å²) in [5.41, 5.74) is 7.61. The summed E-state index contributed by atoms with van der Waals surface area (Å²) in [6.07, 6.45) is 1.64. The molecule has 5 aromatic rings. The highest BCUT2D eigenvalue weighted by Crippen LogP contribution is 2.31. The third-order valence-electron chi connectivity index (χ3n) is 5.81. The highest BCUT2D eigenvalue weighted by Gasteiger charge is 2.16. The van der Waals surface area contributed by atoms with Crippen LogP contribution in [0.1, 0.15) is 11.1 Å². The van der Waals surface area contributed by atoms with Crippen molar-refractivity contribution in [1.82, 2.24) is 20.2 Å². The Morgan fingerprint density at radius 2 is 1.19 bits per heavy atom. The molecule has 0 radical (unpaired) electrons. The minimum absolute atomic E-state index is 0.164. The molecule has 36 heavy (non-hydrogen) atoms. The number of aryl methyl sites for hydroxylation is 2. The Hall–Kier alpha value is -4.27. The number of benzene rings is 3. The van der Waals surface area contributed by atoms with Crippen molar-refractivity contribution in [2.45, 2.75) is 18.7 Å². The van der Waals surface area contributed by atoms with Crippen molar-refractivity contribution in [3.8, 4) is 45.2 Å². The van der Waals surface area contributed by atoms with Gasteiger partial charge in [-0.3, -0.25) is 9.54 Å². The first-order valence-corrected chi connectivity index (χ1v) is 12.6. The smallest absolute Gasteiger partial charge is 0.282 e. The summed E-state index contributed by atoms with van der Waals surface area (Å²) in [5.74, 6) is 0.373. The molecule has 0 aliphatic carbocycles. The van der Waals surface area contributed by atoms with Crippen LogP contribution in [0.15, 0.2) is 96.0 Å². The summed E-state index contributed by atoms with van der Waals surface area (Å²) in [6.45, 7) is 4.07. The molecule has 0 fully saturated rings. The molecule has 0 aliphatic heterocycles. The highest BCUT2D eigenvalue weighted by molar-refractivity contribution is 7.85. The van der Waals surface area contributed by atoms with Crippen LogP contribution in [-0.4, -0.2) is 33.1 Å².